The van der Waals surface area contributed by atoms with Crippen molar-refractivity contribution >= 4 is 11.2 Å². The van der Waals surface area contributed by atoms with E-state index >= 15 is 0 Å². The highest BCUT2D eigenvalue weighted by molar-refractivity contribution is 5.68. The lowest BCUT2D eigenvalue weighted by Crippen LogP contribution is -2.32. The number of aliphatic hydroxyl groups is 3. The summed E-state index contributed by atoms with van der Waals surface area (Å²) in [6.07, 6.45) is -1.00. The molecule has 0 aromatic carbocycles. The Balaban J connectivity index is 1.94. The second-order valence-electron chi connectivity index (χ2n) is 4.13. The van der Waals surface area contributed by atoms with Crippen LogP contribution in [0.15, 0.2) is 12.5 Å². The number of aromatic nitrogens is 4. The highest BCUT2D eigenvalue weighted by Gasteiger charge is 2.44. The molecule has 1 aliphatic rings. The lowest BCUT2D eigenvalue weighted by atomic mass is 10.1. The molecular formula is C10H12N4O4. The maximum absolute atomic E-state index is 9.84. The van der Waals surface area contributed by atoms with Gasteiger partial charge in [0.1, 0.15) is 29.9 Å². The van der Waals surface area contributed by atoms with Crippen LogP contribution in [-0.4, -0.2) is 60.2 Å². The Bertz CT molecular complexity index is 560. The molecule has 0 unspecified atom stereocenters. The molecule has 8 heteroatoms. The number of aromatic amines is 1. The first-order valence-corrected chi connectivity index (χ1v) is 5.49. The number of hydrogen-bond donors (Lipinski definition) is 4. The van der Waals surface area contributed by atoms with Gasteiger partial charge in [0.2, 0.25) is 0 Å². The maximum atomic E-state index is 9.84. The largest absolute Gasteiger partial charge is 0.394 e. The summed E-state index contributed by atoms with van der Waals surface area (Å²) in [5.41, 5.74) is 1.13. The van der Waals surface area contributed by atoms with E-state index in [0.29, 0.717) is 11.2 Å². The van der Waals surface area contributed by atoms with Crippen LogP contribution in [0.5, 0.6) is 0 Å². The first-order valence-electron chi connectivity index (χ1n) is 5.49. The highest BCUT2D eigenvalue weighted by Crippen LogP contribution is 2.31. The monoisotopic (exact) mass is 252 g/mol. The number of rotatable bonds is 2. The molecule has 0 radical (unpaired) electrons. The number of imidazole rings is 1. The molecule has 0 bridgehead atoms. The van der Waals surface area contributed by atoms with E-state index in [1.807, 2.05) is 0 Å². The van der Waals surface area contributed by atoms with Crippen molar-refractivity contribution in [2.75, 3.05) is 6.61 Å². The van der Waals surface area contributed by atoms with Crippen molar-refractivity contribution in [1.29, 1.82) is 0 Å². The van der Waals surface area contributed by atoms with Crippen molar-refractivity contribution in [2.24, 2.45) is 0 Å². The zero-order chi connectivity index (χ0) is 12.7. The van der Waals surface area contributed by atoms with Crippen LogP contribution in [0.1, 0.15) is 11.9 Å². The Morgan fingerprint density at radius 1 is 1.28 bits per heavy atom. The molecule has 2 aromatic rings. The van der Waals surface area contributed by atoms with Gasteiger partial charge in [-0.2, -0.15) is 0 Å². The van der Waals surface area contributed by atoms with Crippen LogP contribution in [0.2, 0.25) is 0 Å². The van der Waals surface area contributed by atoms with E-state index in [-0.39, 0.29) is 12.4 Å². The fraction of sp³-hybridized carbons (Fsp3) is 0.500. The fourth-order valence-corrected chi connectivity index (χ4v) is 2.00. The average molecular weight is 252 g/mol. The Morgan fingerprint density at radius 2 is 2.11 bits per heavy atom. The predicted molar refractivity (Wildman–Crippen MR) is 58.4 cm³/mol. The van der Waals surface area contributed by atoms with Crippen molar-refractivity contribution in [1.82, 2.24) is 19.9 Å². The van der Waals surface area contributed by atoms with Gasteiger partial charge < -0.3 is 25.0 Å². The Kier molecular flexibility index (Phi) is 2.71. The number of fused-ring (bicyclic) bond motifs is 1. The standard InChI is InChI=1S/C10H12N4O4/c15-2-5-6(16)7(17)8(18-5)10-11-1-4-9(14-10)13-3-12-4/h1,3,5-8,15-17H,2H2,(H,11,12,13,14)/t5-,6-,7-,8-/m0/s1. The average Bonchev–Trinajstić information content (AvgIpc) is 2.95. The molecule has 1 aliphatic heterocycles. The van der Waals surface area contributed by atoms with Gasteiger partial charge in [0.05, 0.1) is 19.1 Å². The SMILES string of the molecule is OC[C@@H]1O[C@H](c2ncc3[nH]cnc3n2)[C@@H](O)[C@H]1O. The summed E-state index contributed by atoms with van der Waals surface area (Å²) in [5, 5.41) is 28.5. The maximum Gasteiger partial charge on any atom is 0.180 e. The summed E-state index contributed by atoms with van der Waals surface area (Å²) in [7, 11) is 0. The summed E-state index contributed by atoms with van der Waals surface area (Å²) < 4.78 is 5.33. The summed E-state index contributed by atoms with van der Waals surface area (Å²) >= 11 is 0. The molecule has 1 saturated heterocycles. The van der Waals surface area contributed by atoms with Gasteiger partial charge in [0.25, 0.3) is 0 Å². The van der Waals surface area contributed by atoms with Crippen LogP contribution < -0.4 is 0 Å². The molecule has 0 spiro atoms. The summed E-state index contributed by atoms with van der Waals surface area (Å²) in [5.74, 6) is 0.233. The first-order chi connectivity index (χ1) is 8.70. The summed E-state index contributed by atoms with van der Waals surface area (Å²) in [6, 6.07) is 0. The molecule has 3 heterocycles. The minimum Gasteiger partial charge on any atom is -0.394 e. The van der Waals surface area contributed by atoms with Gasteiger partial charge in [-0.15, -0.1) is 0 Å². The lowest BCUT2D eigenvalue weighted by molar-refractivity contribution is -0.0252. The third kappa shape index (κ3) is 1.66. The van der Waals surface area contributed by atoms with Crippen LogP contribution in [0.3, 0.4) is 0 Å². The van der Waals surface area contributed by atoms with Crippen LogP contribution in [0.25, 0.3) is 11.2 Å². The van der Waals surface area contributed by atoms with Crippen molar-refractivity contribution < 1.29 is 20.1 Å². The number of nitrogens with zero attached hydrogens (tertiary/aromatic N) is 3. The molecule has 8 nitrogen and oxygen atoms in total. The van der Waals surface area contributed by atoms with E-state index in [1.165, 1.54) is 12.5 Å². The second kappa shape index (κ2) is 4.25. The fourth-order valence-electron chi connectivity index (χ4n) is 2.00. The van der Waals surface area contributed by atoms with Crippen molar-refractivity contribution in [3.63, 3.8) is 0 Å². The Morgan fingerprint density at radius 3 is 2.83 bits per heavy atom. The van der Waals surface area contributed by atoms with Gasteiger partial charge in [-0.1, -0.05) is 0 Å². The Hall–Kier alpha value is -1.61. The molecule has 18 heavy (non-hydrogen) atoms. The number of aliphatic hydroxyl groups excluding tert-OH is 3. The normalized spacial score (nSPS) is 32.2. The highest BCUT2D eigenvalue weighted by atomic mass is 16.6. The van der Waals surface area contributed by atoms with E-state index in [2.05, 4.69) is 19.9 Å². The van der Waals surface area contributed by atoms with Gasteiger partial charge in [-0.3, -0.25) is 0 Å². The van der Waals surface area contributed by atoms with E-state index < -0.39 is 24.4 Å². The molecule has 0 amide bonds. The van der Waals surface area contributed by atoms with E-state index in [9.17, 15) is 10.2 Å². The second-order valence-corrected chi connectivity index (χ2v) is 4.13. The number of nitrogens with one attached hydrogen (secondary N) is 1. The molecule has 0 aliphatic carbocycles. The molecule has 1 fully saturated rings. The molecule has 96 valence electrons. The van der Waals surface area contributed by atoms with Crippen LogP contribution >= 0.6 is 0 Å². The number of hydrogen-bond acceptors (Lipinski definition) is 7. The van der Waals surface area contributed by atoms with Gasteiger partial charge in [-0.05, 0) is 0 Å². The molecule has 2 aromatic heterocycles. The third-order valence-electron chi connectivity index (χ3n) is 2.99. The number of H-pyrrole nitrogens is 1. The van der Waals surface area contributed by atoms with Crippen LogP contribution in [0, 0.1) is 0 Å². The Labute approximate surface area is 101 Å². The molecule has 4 atom stereocenters. The van der Waals surface area contributed by atoms with E-state index in [1.54, 1.807) is 0 Å². The van der Waals surface area contributed by atoms with Gasteiger partial charge >= 0.3 is 0 Å². The summed E-state index contributed by atoms with van der Waals surface area (Å²) in [4.78, 5) is 15.0. The number of ether oxygens (including phenoxy) is 1. The molecule has 3 rings (SSSR count). The quantitative estimate of drug-likeness (QED) is 0.513. The molecule has 4 N–H and O–H groups in total. The van der Waals surface area contributed by atoms with E-state index in [4.69, 9.17) is 9.84 Å². The topological polar surface area (TPSA) is 124 Å². The van der Waals surface area contributed by atoms with Gasteiger partial charge in [-0.25, -0.2) is 15.0 Å². The molecular weight excluding hydrogens is 240 g/mol. The lowest BCUT2D eigenvalue weighted by Gasteiger charge is -2.12. The minimum atomic E-state index is -1.17. The predicted octanol–water partition coefficient (Wildman–Crippen LogP) is -1.49. The zero-order valence-corrected chi connectivity index (χ0v) is 9.26. The van der Waals surface area contributed by atoms with Gasteiger partial charge in [0.15, 0.2) is 11.5 Å². The van der Waals surface area contributed by atoms with Crippen molar-refractivity contribution in [3.05, 3.63) is 18.3 Å². The van der Waals surface area contributed by atoms with Crippen LogP contribution in [-0.2, 0) is 4.74 Å². The van der Waals surface area contributed by atoms with Crippen molar-refractivity contribution in [3.8, 4) is 0 Å². The van der Waals surface area contributed by atoms with Crippen LogP contribution in [0.4, 0.5) is 0 Å². The van der Waals surface area contributed by atoms with E-state index in [0.717, 1.165) is 0 Å². The molecule has 0 saturated carbocycles. The smallest absolute Gasteiger partial charge is 0.180 e. The third-order valence-corrected chi connectivity index (χ3v) is 2.99. The first kappa shape index (κ1) is 11.5. The van der Waals surface area contributed by atoms with Gasteiger partial charge in [0, 0.05) is 0 Å². The minimum absolute atomic E-state index is 0.233. The van der Waals surface area contributed by atoms with Crippen molar-refractivity contribution in [2.45, 2.75) is 24.4 Å². The zero-order valence-electron chi connectivity index (χ0n) is 9.26. The summed E-state index contributed by atoms with van der Waals surface area (Å²) in [6.45, 7) is -0.376.